The molecular weight excluding hydrogens is 184 g/mol. The van der Waals surface area contributed by atoms with Gasteiger partial charge in [-0.2, -0.15) is 0 Å². The average molecular weight is 206 g/mol. The summed E-state index contributed by atoms with van der Waals surface area (Å²) in [4.78, 5) is 0. The minimum absolute atomic E-state index is 0.0206. The molecule has 0 spiro atoms. The second-order valence-corrected chi connectivity index (χ2v) is 3.54. The minimum atomic E-state index is 0.0206. The smallest absolute Gasteiger partial charge is 0.119 e. The molecule has 0 radical (unpaired) electrons. The van der Waals surface area contributed by atoms with Crippen molar-refractivity contribution in [2.75, 3.05) is 6.61 Å². The van der Waals surface area contributed by atoms with E-state index in [4.69, 9.17) is 11.2 Å². The lowest BCUT2D eigenvalue weighted by Gasteiger charge is -2.05. The van der Waals surface area contributed by atoms with Crippen LogP contribution in [-0.2, 0) is 4.74 Å². The first-order valence-electron chi connectivity index (χ1n) is 5.88. The molecule has 1 heteroatoms. The van der Waals surface area contributed by atoms with Gasteiger partial charge in [0.25, 0.3) is 0 Å². The molecule has 0 bridgehead atoms. The van der Waals surface area contributed by atoms with Crippen LogP contribution in [0.25, 0.3) is 0 Å². The van der Waals surface area contributed by atoms with Gasteiger partial charge in [-0.3, -0.25) is 0 Å². The van der Waals surface area contributed by atoms with E-state index in [1.807, 2.05) is 0 Å². The molecule has 0 saturated carbocycles. The van der Waals surface area contributed by atoms with Gasteiger partial charge in [0.1, 0.15) is 12.7 Å². The van der Waals surface area contributed by atoms with Gasteiger partial charge < -0.3 is 4.74 Å². The van der Waals surface area contributed by atoms with Gasteiger partial charge in [0.05, 0.1) is 0 Å². The Morgan fingerprint density at radius 1 is 1.20 bits per heavy atom. The molecule has 0 heterocycles. The fraction of sp³-hybridized carbons (Fsp3) is 0.714. The van der Waals surface area contributed by atoms with Crippen LogP contribution in [0.3, 0.4) is 0 Å². The standard InChI is InChI=1S/C14H22O/c1-4-7-8-9-10-11-12-14(6-3)15-13-5-2/h2,14H,4,6-10,13H2,1,3H3. The van der Waals surface area contributed by atoms with Crippen molar-refractivity contribution in [3.05, 3.63) is 0 Å². The monoisotopic (exact) mass is 206 g/mol. The molecule has 0 aliphatic heterocycles. The van der Waals surface area contributed by atoms with Gasteiger partial charge in [0.15, 0.2) is 0 Å². The summed E-state index contributed by atoms with van der Waals surface area (Å²) >= 11 is 0. The highest BCUT2D eigenvalue weighted by atomic mass is 16.5. The van der Waals surface area contributed by atoms with Gasteiger partial charge in [-0.1, -0.05) is 45.0 Å². The van der Waals surface area contributed by atoms with Crippen molar-refractivity contribution in [1.29, 1.82) is 0 Å². The summed E-state index contributed by atoms with van der Waals surface area (Å²) in [5, 5.41) is 0. The maximum absolute atomic E-state index is 5.36. The third kappa shape index (κ3) is 9.39. The number of rotatable bonds is 7. The molecule has 0 amide bonds. The number of hydrogen-bond acceptors (Lipinski definition) is 1. The third-order valence-electron chi connectivity index (χ3n) is 2.16. The molecule has 0 N–H and O–H groups in total. The Morgan fingerprint density at radius 3 is 2.60 bits per heavy atom. The lowest BCUT2D eigenvalue weighted by Crippen LogP contribution is -2.08. The summed E-state index contributed by atoms with van der Waals surface area (Å²) in [5.74, 6) is 8.73. The second kappa shape index (κ2) is 11.2. The lowest BCUT2D eigenvalue weighted by molar-refractivity contribution is 0.117. The zero-order valence-corrected chi connectivity index (χ0v) is 10.0. The van der Waals surface area contributed by atoms with Crippen LogP contribution in [-0.4, -0.2) is 12.7 Å². The summed E-state index contributed by atoms with van der Waals surface area (Å²) in [6.45, 7) is 4.64. The summed E-state index contributed by atoms with van der Waals surface area (Å²) in [5.41, 5.74) is 0. The van der Waals surface area contributed by atoms with Gasteiger partial charge in [0, 0.05) is 6.42 Å². The number of hydrogen-bond donors (Lipinski definition) is 0. The van der Waals surface area contributed by atoms with E-state index in [0.29, 0.717) is 6.61 Å². The molecule has 0 aromatic rings. The molecule has 1 atom stereocenters. The summed E-state index contributed by atoms with van der Waals surface area (Å²) in [6, 6.07) is 0. The molecule has 0 fully saturated rings. The van der Waals surface area contributed by atoms with Crippen molar-refractivity contribution in [1.82, 2.24) is 0 Å². The van der Waals surface area contributed by atoms with Gasteiger partial charge in [0.2, 0.25) is 0 Å². The van der Waals surface area contributed by atoms with E-state index in [1.165, 1.54) is 25.7 Å². The molecule has 0 aliphatic rings. The Bertz CT molecular complexity index is 226. The van der Waals surface area contributed by atoms with Gasteiger partial charge in [-0.05, 0) is 12.8 Å². The van der Waals surface area contributed by atoms with Crippen molar-refractivity contribution in [3.63, 3.8) is 0 Å². The fourth-order valence-electron chi connectivity index (χ4n) is 1.24. The number of terminal acetylenes is 1. The molecule has 1 unspecified atom stereocenters. The third-order valence-corrected chi connectivity index (χ3v) is 2.16. The molecule has 1 nitrogen and oxygen atoms in total. The van der Waals surface area contributed by atoms with Crippen molar-refractivity contribution in [2.45, 2.75) is 58.5 Å². The van der Waals surface area contributed by atoms with Crippen LogP contribution in [0, 0.1) is 24.2 Å². The van der Waals surface area contributed by atoms with Gasteiger partial charge >= 0.3 is 0 Å². The van der Waals surface area contributed by atoms with Crippen LogP contribution in [0.2, 0.25) is 0 Å². The normalized spacial score (nSPS) is 11.3. The van der Waals surface area contributed by atoms with E-state index < -0.39 is 0 Å². The van der Waals surface area contributed by atoms with E-state index in [1.54, 1.807) is 0 Å². The van der Waals surface area contributed by atoms with Crippen LogP contribution >= 0.6 is 0 Å². The van der Waals surface area contributed by atoms with Crippen molar-refractivity contribution < 1.29 is 4.74 Å². The molecule has 0 rings (SSSR count). The minimum Gasteiger partial charge on any atom is -0.353 e. The molecule has 0 aliphatic carbocycles. The van der Waals surface area contributed by atoms with E-state index in [0.717, 1.165) is 12.8 Å². The molecule has 0 aromatic heterocycles. The topological polar surface area (TPSA) is 9.23 Å². The van der Waals surface area contributed by atoms with Gasteiger partial charge in [-0.15, -0.1) is 12.3 Å². The Hall–Kier alpha value is -0.920. The molecule has 0 aromatic carbocycles. The van der Waals surface area contributed by atoms with Crippen LogP contribution in [0.1, 0.15) is 52.4 Å². The van der Waals surface area contributed by atoms with Crippen molar-refractivity contribution in [3.8, 4) is 24.2 Å². The molecule has 0 saturated heterocycles. The van der Waals surface area contributed by atoms with Crippen LogP contribution in [0.5, 0.6) is 0 Å². The first-order valence-corrected chi connectivity index (χ1v) is 5.88. The highest BCUT2D eigenvalue weighted by Gasteiger charge is 1.98. The molecular formula is C14H22O. The summed E-state index contributed by atoms with van der Waals surface area (Å²) in [7, 11) is 0. The van der Waals surface area contributed by atoms with Crippen LogP contribution in [0.15, 0.2) is 0 Å². The Labute approximate surface area is 94.6 Å². The Kier molecular flexibility index (Phi) is 10.5. The molecule has 84 valence electrons. The zero-order valence-electron chi connectivity index (χ0n) is 10.0. The van der Waals surface area contributed by atoms with E-state index >= 15 is 0 Å². The Morgan fingerprint density at radius 2 is 2.00 bits per heavy atom. The maximum atomic E-state index is 5.36. The van der Waals surface area contributed by atoms with E-state index in [2.05, 4.69) is 31.6 Å². The van der Waals surface area contributed by atoms with Crippen LogP contribution < -0.4 is 0 Å². The largest absolute Gasteiger partial charge is 0.353 e. The quantitative estimate of drug-likeness (QED) is 0.458. The first kappa shape index (κ1) is 14.1. The lowest BCUT2D eigenvalue weighted by atomic mass is 10.1. The Balaban J connectivity index is 3.57. The van der Waals surface area contributed by atoms with Gasteiger partial charge in [-0.25, -0.2) is 0 Å². The molecule has 15 heavy (non-hydrogen) atoms. The fourth-order valence-corrected chi connectivity index (χ4v) is 1.24. The predicted octanol–water partition coefficient (Wildman–Crippen LogP) is 3.39. The highest BCUT2D eigenvalue weighted by molar-refractivity contribution is 5.05. The number of unbranched alkanes of at least 4 members (excludes halogenated alkanes) is 4. The first-order chi connectivity index (χ1) is 7.35. The van der Waals surface area contributed by atoms with Crippen LogP contribution in [0.4, 0.5) is 0 Å². The maximum Gasteiger partial charge on any atom is 0.119 e. The SMILES string of the molecule is C#CCOC(C#CCCCCCC)CC. The van der Waals surface area contributed by atoms with Crippen molar-refractivity contribution >= 4 is 0 Å². The van der Waals surface area contributed by atoms with E-state index in [-0.39, 0.29) is 6.10 Å². The second-order valence-electron chi connectivity index (χ2n) is 3.54. The van der Waals surface area contributed by atoms with E-state index in [9.17, 15) is 0 Å². The highest BCUT2D eigenvalue weighted by Crippen LogP contribution is 2.02. The van der Waals surface area contributed by atoms with Crippen molar-refractivity contribution in [2.24, 2.45) is 0 Å². The summed E-state index contributed by atoms with van der Waals surface area (Å²) < 4.78 is 5.36. The predicted molar refractivity (Wildman–Crippen MR) is 65.4 cm³/mol. The average Bonchev–Trinajstić information content (AvgIpc) is 2.27. The zero-order chi connectivity index (χ0) is 11.4. The summed E-state index contributed by atoms with van der Waals surface area (Å²) in [6.07, 6.45) is 12.1. The number of ether oxygens (including phenoxy) is 1.